The van der Waals surface area contributed by atoms with Crippen LogP contribution >= 0.6 is 11.6 Å². The molecular weight excluding hydrogens is 484 g/mol. The molecule has 0 aromatic heterocycles. The Balaban J connectivity index is 1.15. The molecule has 2 aliphatic rings. The zero-order chi connectivity index (χ0) is 25.8. The van der Waals surface area contributed by atoms with E-state index in [1.807, 2.05) is 36.4 Å². The van der Waals surface area contributed by atoms with Crippen LogP contribution in [0.5, 0.6) is 11.5 Å². The molecule has 2 aliphatic heterocycles. The highest BCUT2D eigenvalue weighted by atomic mass is 35.5. The second-order valence-electron chi connectivity index (χ2n) is 9.95. The molecule has 6 nitrogen and oxygen atoms in total. The van der Waals surface area contributed by atoms with Crippen molar-refractivity contribution in [1.82, 2.24) is 15.1 Å². The molecule has 7 heteroatoms. The number of nitrogens with zero attached hydrogens (tertiary/aromatic N) is 2. The molecule has 1 unspecified atom stereocenters. The Hall–Kier alpha value is -3.19. The van der Waals surface area contributed by atoms with Gasteiger partial charge in [0.15, 0.2) is 0 Å². The Morgan fingerprint density at radius 1 is 0.919 bits per heavy atom. The minimum absolute atomic E-state index is 0.0902. The molecule has 1 saturated heterocycles. The van der Waals surface area contributed by atoms with E-state index >= 15 is 0 Å². The standard InChI is InChI=1S/C30H35ClN4O2/c1-21-19-28(27-12-7-24(31)20-29(27)33-21)32-13-2-14-34-15-17-35(18-16-34)30(22-3-8-25(36)9-4-22)23-5-10-26(37)11-6-23/h3-12,19-21,30,32-33,36-37H,2,13-18H2,1H3. The third-order valence-electron chi connectivity index (χ3n) is 7.23. The molecule has 1 fully saturated rings. The van der Waals surface area contributed by atoms with Gasteiger partial charge < -0.3 is 25.7 Å². The SMILES string of the molecule is CC1C=C(NCCCN2CCN(C(c3ccc(O)cc3)c3ccc(O)cc3)CC2)c2ccc(Cl)cc2N1. The van der Waals surface area contributed by atoms with Gasteiger partial charge in [0.2, 0.25) is 0 Å². The minimum atomic E-state index is 0.0902. The number of hydrogen-bond acceptors (Lipinski definition) is 6. The monoisotopic (exact) mass is 518 g/mol. The molecule has 194 valence electrons. The minimum Gasteiger partial charge on any atom is -0.508 e. The van der Waals surface area contributed by atoms with Crippen LogP contribution in [0.2, 0.25) is 5.02 Å². The lowest BCUT2D eigenvalue weighted by molar-refractivity contribution is 0.109. The van der Waals surface area contributed by atoms with E-state index in [-0.39, 0.29) is 23.6 Å². The van der Waals surface area contributed by atoms with Crippen molar-refractivity contribution in [2.45, 2.75) is 25.4 Å². The highest BCUT2D eigenvalue weighted by Crippen LogP contribution is 2.32. The van der Waals surface area contributed by atoms with Crippen molar-refractivity contribution in [3.63, 3.8) is 0 Å². The van der Waals surface area contributed by atoms with Gasteiger partial charge in [0, 0.05) is 60.7 Å². The fourth-order valence-corrected chi connectivity index (χ4v) is 5.52. The number of benzene rings is 3. The lowest BCUT2D eigenvalue weighted by atomic mass is 9.96. The van der Waals surface area contributed by atoms with E-state index in [1.165, 1.54) is 11.3 Å². The molecule has 0 radical (unpaired) electrons. The van der Waals surface area contributed by atoms with Gasteiger partial charge in [-0.1, -0.05) is 35.9 Å². The van der Waals surface area contributed by atoms with Crippen molar-refractivity contribution in [3.05, 3.63) is 94.5 Å². The summed E-state index contributed by atoms with van der Waals surface area (Å²) in [5.74, 6) is 0.544. The summed E-state index contributed by atoms with van der Waals surface area (Å²) in [7, 11) is 0. The Morgan fingerprint density at radius 2 is 1.54 bits per heavy atom. The van der Waals surface area contributed by atoms with Crippen LogP contribution in [0.3, 0.4) is 0 Å². The zero-order valence-corrected chi connectivity index (χ0v) is 22.0. The van der Waals surface area contributed by atoms with Crippen molar-refractivity contribution in [2.24, 2.45) is 0 Å². The Bertz CT molecular complexity index is 1180. The average Bonchev–Trinajstić information content (AvgIpc) is 2.89. The van der Waals surface area contributed by atoms with Gasteiger partial charge >= 0.3 is 0 Å². The fourth-order valence-electron chi connectivity index (χ4n) is 5.35. The highest BCUT2D eigenvalue weighted by molar-refractivity contribution is 6.31. The average molecular weight is 519 g/mol. The van der Waals surface area contributed by atoms with Crippen LogP contribution in [0.4, 0.5) is 5.69 Å². The molecular formula is C30H35ClN4O2. The zero-order valence-electron chi connectivity index (χ0n) is 21.2. The first-order valence-electron chi connectivity index (χ1n) is 13.0. The summed E-state index contributed by atoms with van der Waals surface area (Å²) in [6, 6.07) is 21.3. The summed E-state index contributed by atoms with van der Waals surface area (Å²) in [5, 5.41) is 27.4. The first-order valence-corrected chi connectivity index (χ1v) is 13.4. The Labute approximate surface area is 224 Å². The van der Waals surface area contributed by atoms with Crippen molar-refractivity contribution in [3.8, 4) is 11.5 Å². The predicted octanol–water partition coefficient (Wildman–Crippen LogP) is 5.29. The number of anilines is 1. The summed E-state index contributed by atoms with van der Waals surface area (Å²) in [4.78, 5) is 5.03. The number of hydrogen-bond donors (Lipinski definition) is 4. The van der Waals surface area contributed by atoms with Crippen LogP contribution in [-0.2, 0) is 0 Å². The highest BCUT2D eigenvalue weighted by Gasteiger charge is 2.26. The van der Waals surface area contributed by atoms with Gasteiger partial charge in [-0.2, -0.15) is 0 Å². The van der Waals surface area contributed by atoms with Crippen molar-refractivity contribution < 1.29 is 10.2 Å². The summed E-state index contributed by atoms with van der Waals surface area (Å²) < 4.78 is 0. The molecule has 5 rings (SSSR count). The molecule has 0 bridgehead atoms. The van der Waals surface area contributed by atoms with Crippen LogP contribution in [0.15, 0.2) is 72.8 Å². The summed E-state index contributed by atoms with van der Waals surface area (Å²) in [6.07, 6.45) is 3.31. The van der Waals surface area contributed by atoms with E-state index < -0.39 is 0 Å². The first-order chi connectivity index (χ1) is 18.0. The summed E-state index contributed by atoms with van der Waals surface area (Å²) in [5.41, 5.74) is 5.72. The molecule has 0 spiro atoms. The molecule has 0 aliphatic carbocycles. The summed E-state index contributed by atoms with van der Waals surface area (Å²) >= 11 is 6.19. The molecule has 3 aromatic rings. The maximum absolute atomic E-state index is 9.78. The third kappa shape index (κ3) is 6.21. The van der Waals surface area contributed by atoms with E-state index in [1.54, 1.807) is 24.3 Å². The molecule has 2 heterocycles. The molecule has 37 heavy (non-hydrogen) atoms. The maximum Gasteiger partial charge on any atom is 0.115 e. The van der Waals surface area contributed by atoms with Gasteiger partial charge in [-0.3, -0.25) is 4.90 Å². The normalized spacial score (nSPS) is 18.2. The van der Waals surface area contributed by atoms with E-state index in [0.717, 1.165) is 67.5 Å². The molecule has 0 saturated carbocycles. The molecule has 1 atom stereocenters. The topological polar surface area (TPSA) is 71.0 Å². The van der Waals surface area contributed by atoms with Gasteiger partial charge in [0.1, 0.15) is 11.5 Å². The van der Waals surface area contributed by atoms with Crippen LogP contribution in [-0.4, -0.2) is 65.3 Å². The van der Waals surface area contributed by atoms with Crippen molar-refractivity contribution in [2.75, 3.05) is 44.6 Å². The first kappa shape index (κ1) is 25.5. The van der Waals surface area contributed by atoms with Crippen molar-refractivity contribution >= 4 is 23.0 Å². The largest absolute Gasteiger partial charge is 0.508 e. The predicted molar refractivity (Wildman–Crippen MR) is 151 cm³/mol. The number of phenols is 2. The van der Waals surface area contributed by atoms with Gasteiger partial charge in [-0.25, -0.2) is 0 Å². The molecule has 0 amide bonds. The van der Waals surface area contributed by atoms with E-state index in [9.17, 15) is 10.2 Å². The number of rotatable bonds is 8. The van der Waals surface area contributed by atoms with Crippen LogP contribution < -0.4 is 10.6 Å². The van der Waals surface area contributed by atoms with Crippen molar-refractivity contribution in [1.29, 1.82) is 0 Å². The van der Waals surface area contributed by atoms with Crippen LogP contribution in [0.25, 0.3) is 5.70 Å². The second-order valence-corrected chi connectivity index (χ2v) is 10.4. The number of halogens is 1. The van der Waals surface area contributed by atoms with E-state index in [4.69, 9.17) is 11.6 Å². The number of nitrogens with one attached hydrogen (secondary N) is 2. The number of phenolic OH excluding ortho intramolecular Hbond substituents is 2. The van der Waals surface area contributed by atoms with Gasteiger partial charge in [0.25, 0.3) is 0 Å². The Morgan fingerprint density at radius 3 is 2.16 bits per heavy atom. The Kier molecular flexibility index (Phi) is 7.89. The van der Waals surface area contributed by atoms with Gasteiger partial charge in [-0.05, 0) is 79.6 Å². The quantitative estimate of drug-likeness (QED) is 0.304. The number of fused-ring (bicyclic) bond motifs is 1. The van der Waals surface area contributed by atoms with Crippen LogP contribution in [0.1, 0.15) is 36.1 Å². The van der Waals surface area contributed by atoms with E-state index in [2.05, 4.69) is 39.5 Å². The maximum atomic E-state index is 9.78. The van der Waals surface area contributed by atoms with E-state index in [0.29, 0.717) is 0 Å². The third-order valence-corrected chi connectivity index (χ3v) is 7.46. The smallest absolute Gasteiger partial charge is 0.115 e. The van der Waals surface area contributed by atoms with Gasteiger partial charge in [-0.15, -0.1) is 0 Å². The lowest BCUT2D eigenvalue weighted by Crippen LogP contribution is -2.48. The lowest BCUT2D eigenvalue weighted by Gasteiger charge is -2.40. The number of piperazine rings is 1. The molecule has 3 aromatic carbocycles. The van der Waals surface area contributed by atoms with Crippen LogP contribution in [0, 0.1) is 0 Å². The number of aromatic hydroxyl groups is 2. The fraction of sp³-hybridized carbons (Fsp3) is 0.333. The molecule has 4 N–H and O–H groups in total. The van der Waals surface area contributed by atoms with Gasteiger partial charge in [0.05, 0.1) is 6.04 Å². The summed E-state index contributed by atoms with van der Waals surface area (Å²) in [6.45, 7) is 8.07. The second kappa shape index (κ2) is 11.5.